The van der Waals surface area contributed by atoms with Gasteiger partial charge in [0.25, 0.3) is 5.91 Å². The molecule has 1 aliphatic heterocycles. The average Bonchev–Trinajstić information content (AvgIpc) is 3.01. The van der Waals surface area contributed by atoms with Gasteiger partial charge in [-0.05, 0) is 49.0 Å². The lowest BCUT2D eigenvalue weighted by atomic mass is 10.1. The van der Waals surface area contributed by atoms with Gasteiger partial charge in [0.15, 0.2) is 16.6 Å². The van der Waals surface area contributed by atoms with Crippen molar-refractivity contribution in [2.75, 3.05) is 6.79 Å². The van der Waals surface area contributed by atoms with Crippen molar-refractivity contribution >= 4 is 23.2 Å². The van der Waals surface area contributed by atoms with Crippen LogP contribution < -0.4 is 20.1 Å². The Morgan fingerprint density at radius 3 is 2.65 bits per heavy atom. The molecule has 0 fully saturated rings. The number of fused-ring (bicyclic) bond motifs is 1. The smallest absolute Gasteiger partial charge is 0.257 e. The fraction of sp³-hybridized carbons (Fsp3) is 0.176. The maximum absolute atomic E-state index is 12.1. The zero-order valence-corrected chi connectivity index (χ0v) is 13.4. The third-order valence-corrected chi connectivity index (χ3v) is 3.68. The second kappa shape index (κ2) is 6.66. The summed E-state index contributed by atoms with van der Waals surface area (Å²) in [5, 5.41) is 5.95. The molecule has 2 N–H and O–H groups in total. The molecule has 1 amide bonds. The number of rotatable bonds is 3. The van der Waals surface area contributed by atoms with Crippen molar-refractivity contribution in [3.8, 4) is 11.5 Å². The van der Waals surface area contributed by atoms with Gasteiger partial charge in [-0.3, -0.25) is 10.1 Å². The van der Waals surface area contributed by atoms with E-state index in [0.29, 0.717) is 12.1 Å². The average molecular weight is 328 g/mol. The molecule has 23 heavy (non-hydrogen) atoms. The molecule has 1 aliphatic rings. The van der Waals surface area contributed by atoms with Gasteiger partial charge in [0.05, 0.1) is 0 Å². The van der Waals surface area contributed by atoms with Crippen LogP contribution in [0.25, 0.3) is 0 Å². The quantitative estimate of drug-likeness (QED) is 0.848. The van der Waals surface area contributed by atoms with Gasteiger partial charge in [0.1, 0.15) is 0 Å². The highest BCUT2D eigenvalue weighted by Crippen LogP contribution is 2.32. The number of carbonyl (C=O) groups is 1. The lowest BCUT2D eigenvalue weighted by molar-refractivity contribution is 0.0976. The number of thiocarbonyl (C=S) groups is 1. The number of benzene rings is 2. The molecule has 2 aromatic rings. The van der Waals surface area contributed by atoms with Gasteiger partial charge >= 0.3 is 0 Å². The number of ether oxygens (including phenoxy) is 2. The number of hydrogen-bond donors (Lipinski definition) is 2. The Bertz CT molecular complexity index is 744. The molecule has 0 aromatic heterocycles. The Hall–Kier alpha value is -2.60. The summed E-state index contributed by atoms with van der Waals surface area (Å²) in [5.74, 6) is 1.23. The summed E-state index contributed by atoms with van der Waals surface area (Å²) in [6.07, 6.45) is 0. The molecule has 0 radical (unpaired) electrons. The molecule has 1 heterocycles. The number of amides is 1. The van der Waals surface area contributed by atoms with Crippen molar-refractivity contribution in [1.29, 1.82) is 0 Å². The standard InChI is InChI=1S/C17H16N2O3S/c1-11-2-5-13(6-3-11)16(20)19-17(23)18-9-12-4-7-14-15(8-12)22-10-21-14/h2-8H,9-10H2,1H3,(H2,18,19,20,23). The third-order valence-electron chi connectivity index (χ3n) is 3.43. The molecule has 0 aliphatic carbocycles. The van der Waals surface area contributed by atoms with Crippen LogP contribution in [0.2, 0.25) is 0 Å². The van der Waals surface area contributed by atoms with Crippen LogP contribution in [0.4, 0.5) is 0 Å². The summed E-state index contributed by atoms with van der Waals surface area (Å²) in [5.41, 5.74) is 2.66. The molecule has 118 valence electrons. The van der Waals surface area contributed by atoms with E-state index in [9.17, 15) is 4.79 Å². The predicted octanol–water partition coefficient (Wildman–Crippen LogP) is 2.53. The van der Waals surface area contributed by atoms with Crippen molar-refractivity contribution in [3.05, 3.63) is 59.2 Å². The molecule has 0 bridgehead atoms. The molecule has 0 unspecified atom stereocenters. The summed E-state index contributed by atoms with van der Waals surface area (Å²) in [6, 6.07) is 13.0. The Balaban J connectivity index is 1.53. The zero-order valence-electron chi connectivity index (χ0n) is 12.6. The summed E-state index contributed by atoms with van der Waals surface area (Å²) in [4.78, 5) is 12.1. The highest BCUT2D eigenvalue weighted by atomic mass is 32.1. The monoisotopic (exact) mass is 328 g/mol. The highest BCUT2D eigenvalue weighted by molar-refractivity contribution is 7.80. The maximum Gasteiger partial charge on any atom is 0.257 e. The number of hydrogen-bond acceptors (Lipinski definition) is 4. The Morgan fingerprint density at radius 2 is 1.87 bits per heavy atom. The first-order valence-electron chi connectivity index (χ1n) is 7.16. The number of nitrogens with one attached hydrogen (secondary N) is 2. The van der Waals surface area contributed by atoms with Crippen LogP contribution in [0.3, 0.4) is 0 Å². The molecule has 3 rings (SSSR count). The number of carbonyl (C=O) groups excluding carboxylic acids is 1. The lowest BCUT2D eigenvalue weighted by Crippen LogP contribution is -2.38. The SMILES string of the molecule is Cc1ccc(C(=O)NC(=S)NCc2ccc3c(c2)OCO3)cc1. The second-order valence-corrected chi connectivity index (χ2v) is 5.60. The van der Waals surface area contributed by atoms with Crippen LogP contribution in [0.5, 0.6) is 11.5 Å². The molecule has 0 spiro atoms. The minimum Gasteiger partial charge on any atom is -0.454 e. The van der Waals surface area contributed by atoms with E-state index in [0.717, 1.165) is 22.6 Å². The fourth-order valence-corrected chi connectivity index (χ4v) is 2.32. The van der Waals surface area contributed by atoms with E-state index in [-0.39, 0.29) is 17.8 Å². The van der Waals surface area contributed by atoms with Crippen molar-refractivity contribution in [1.82, 2.24) is 10.6 Å². The van der Waals surface area contributed by atoms with Gasteiger partial charge in [-0.25, -0.2) is 0 Å². The minimum absolute atomic E-state index is 0.229. The molecule has 2 aromatic carbocycles. The summed E-state index contributed by atoms with van der Waals surface area (Å²) in [7, 11) is 0. The van der Waals surface area contributed by atoms with Crippen molar-refractivity contribution in [3.63, 3.8) is 0 Å². The van der Waals surface area contributed by atoms with E-state index in [2.05, 4.69) is 10.6 Å². The van der Waals surface area contributed by atoms with Gasteiger partial charge in [-0.15, -0.1) is 0 Å². The molecule has 0 saturated carbocycles. The summed E-state index contributed by atoms with van der Waals surface area (Å²) in [6.45, 7) is 2.71. The van der Waals surface area contributed by atoms with Crippen molar-refractivity contribution in [2.24, 2.45) is 0 Å². The first kappa shape index (κ1) is 15.3. The molecule has 0 atom stereocenters. The van der Waals surface area contributed by atoms with Gasteiger partial charge in [0.2, 0.25) is 6.79 Å². The van der Waals surface area contributed by atoms with E-state index < -0.39 is 0 Å². The van der Waals surface area contributed by atoms with Crippen LogP contribution in [0.1, 0.15) is 21.5 Å². The third kappa shape index (κ3) is 3.78. The summed E-state index contributed by atoms with van der Waals surface area (Å²) >= 11 is 5.16. The van der Waals surface area contributed by atoms with E-state index in [4.69, 9.17) is 21.7 Å². The van der Waals surface area contributed by atoms with E-state index >= 15 is 0 Å². The van der Waals surface area contributed by atoms with Gasteiger partial charge < -0.3 is 14.8 Å². The lowest BCUT2D eigenvalue weighted by Gasteiger charge is -2.10. The van der Waals surface area contributed by atoms with Crippen LogP contribution >= 0.6 is 12.2 Å². The molecule has 5 nitrogen and oxygen atoms in total. The molecular weight excluding hydrogens is 312 g/mol. The Labute approximate surface area is 139 Å². The predicted molar refractivity (Wildman–Crippen MR) is 90.6 cm³/mol. The first-order valence-corrected chi connectivity index (χ1v) is 7.57. The normalized spacial score (nSPS) is 11.9. The van der Waals surface area contributed by atoms with Crippen LogP contribution in [0.15, 0.2) is 42.5 Å². The maximum atomic E-state index is 12.1. The Morgan fingerprint density at radius 1 is 1.13 bits per heavy atom. The van der Waals surface area contributed by atoms with Crippen molar-refractivity contribution in [2.45, 2.75) is 13.5 Å². The Kier molecular flexibility index (Phi) is 4.43. The van der Waals surface area contributed by atoms with Crippen molar-refractivity contribution < 1.29 is 14.3 Å². The van der Waals surface area contributed by atoms with E-state index in [1.54, 1.807) is 12.1 Å². The van der Waals surface area contributed by atoms with E-state index in [1.165, 1.54) is 0 Å². The topological polar surface area (TPSA) is 59.6 Å². The van der Waals surface area contributed by atoms with Crippen LogP contribution in [-0.4, -0.2) is 17.8 Å². The molecular formula is C17H16N2O3S. The van der Waals surface area contributed by atoms with Crippen LogP contribution in [0, 0.1) is 6.92 Å². The van der Waals surface area contributed by atoms with Gasteiger partial charge in [0, 0.05) is 12.1 Å². The highest BCUT2D eigenvalue weighted by Gasteiger charge is 2.13. The molecule has 6 heteroatoms. The fourth-order valence-electron chi connectivity index (χ4n) is 2.16. The summed E-state index contributed by atoms with van der Waals surface area (Å²) < 4.78 is 10.6. The van der Waals surface area contributed by atoms with Gasteiger partial charge in [-0.2, -0.15) is 0 Å². The minimum atomic E-state index is -0.229. The number of aryl methyl sites for hydroxylation is 1. The first-order chi connectivity index (χ1) is 11.1. The zero-order chi connectivity index (χ0) is 16.2. The molecule has 0 saturated heterocycles. The van der Waals surface area contributed by atoms with Crippen LogP contribution in [-0.2, 0) is 6.54 Å². The second-order valence-electron chi connectivity index (χ2n) is 5.19. The van der Waals surface area contributed by atoms with E-state index in [1.807, 2.05) is 37.3 Å². The van der Waals surface area contributed by atoms with Gasteiger partial charge in [-0.1, -0.05) is 23.8 Å². The largest absolute Gasteiger partial charge is 0.454 e.